The van der Waals surface area contributed by atoms with Gasteiger partial charge < -0.3 is 4.74 Å². The summed E-state index contributed by atoms with van der Waals surface area (Å²) in [5, 5.41) is 1.10. The van der Waals surface area contributed by atoms with Gasteiger partial charge in [0, 0.05) is 15.9 Å². The number of aromatic nitrogens is 1. The van der Waals surface area contributed by atoms with Crippen LogP contribution in [0.4, 0.5) is 0 Å². The molecular formula is C13H14BrNO. The molecule has 0 spiro atoms. The lowest BCUT2D eigenvalue weighted by atomic mass is 10.2. The van der Waals surface area contributed by atoms with E-state index in [0.717, 1.165) is 15.4 Å². The quantitative estimate of drug-likeness (QED) is 0.782. The molecule has 0 amide bonds. The van der Waals surface area contributed by atoms with Gasteiger partial charge in [-0.15, -0.1) is 0 Å². The number of hydrogen-bond acceptors (Lipinski definition) is 2. The molecule has 2 aromatic rings. The van der Waals surface area contributed by atoms with Crippen molar-refractivity contribution in [2.45, 2.75) is 26.4 Å². The molecule has 0 aliphatic carbocycles. The molecule has 0 fully saturated rings. The van der Waals surface area contributed by atoms with Gasteiger partial charge in [0.15, 0.2) is 0 Å². The Labute approximate surface area is 104 Å². The molecule has 0 atom stereocenters. The first-order valence-corrected chi connectivity index (χ1v) is 5.99. The van der Waals surface area contributed by atoms with Crippen molar-refractivity contribution in [2.24, 2.45) is 0 Å². The fourth-order valence-electron chi connectivity index (χ4n) is 1.48. The molecule has 0 aliphatic rings. The van der Waals surface area contributed by atoms with Crippen molar-refractivity contribution < 1.29 is 4.74 Å². The predicted molar refractivity (Wildman–Crippen MR) is 69.8 cm³/mol. The summed E-state index contributed by atoms with van der Waals surface area (Å²) in [4.78, 5) is 4.47. The van der Waals surface area contributed by atoms with Crippen LogP contribution in [0, 0.1) is 0 Å². The largest absolute Gasteiger partial charge is 0.472 e. The van der Waals surface area contributed by atoms with Crippen LogP contribution in [-0.4, -0.2) is 10.6 Å². The standard InChI is InChI=1S/C13H14BrNO/c1-13(2,3)16-12-8-10(14)9-6-4-5-7-11(9)15-12/h4-8H,1-3H3. The maximum Gasteiger partial charge on any atom is 0.215 e. The molecular weight excluding hydrogens is 266 g/mol. The number of nitrogens with zero attached hydrogens (tertiary/aromatic N) is 1. The van der Waals surface area contributed by atoms with Crippen LogP contribution in [0.5, 0.6) is 5.88 Å². The molecule has 0 saturated carbocycles. The van der Waals surface area contributed by atoms with E-state index in [4.69, 9.17) is 4.74 Å². The Morgan fingerprint density at radius 2 is 1.88 bits per heavy atom. The van der Waals surface area contributed by atoms with Crippen LogP contribution in [0.3, 0.4) is 0 Å². The van der Waals surface area contributed by atoms with Crippen molar-refractivity contribution in [3.8, 4) is 5.88 Å². The summed E-state index contributed by atoms with van der Waals surface area (Å²) in [6, 6.07) is 9.90. The molecule has 2 nitrogen and oxygen atoms in total. The van der Waals surface area contributed by atoms with E-state index in [1.54, 1.807) is 0 Å². The third kappa shape index (κ3) is 2.53. The van der Waals surface area contributed by atoms with Gasteiger partial charge in [-0.3, -0.25) is 0 Å². The van der Waals surface area contributed by atoms with E-state index >= 15 is 0 Å². The lowest BCUT2D eigenvalue weighted by molar-refractivity contribution is 0.124. The molecule has 1 aromatic carbocycles. The maximum atomic E-state index is 5.75. The first-order chi connectivity index (χ1) is 7.46. The van der Waals surface area contributed by atoms with Crippen molar-refractivity contribution in [1.29, 1.82) is 0 Å². The van der Waals surface area contributed by atoms with Crippen LogP contribution in [0.2, 0.25) is 0 Å². The third-order valence-corrected chi connectivity index (χ3v) is 2.71. The minimum absolute atomic E-state index is 0.227. The normalized spacial score (nSPS) is 11.8. The van der Waals surface area contributed by atoms with Gasteiger partial charge in [-0.25, -0.2) is 4.98 Å². The summed E-state index contributed by atoms with van der Waals surface area (Å²) in [6.45, 7) is 6.04. The zero-order valence-electron chi connectivity index (χ0n) is 9.62. The first kappa shape index (κ1) is 11.4. The average Bonchev–Trinajstić information content (AvgIpc) is 2.15. The average molecular weight is 280 g/mol. The van der Waals surface area contributed by atoms with Gasteiger partial charge in [-0.1, -0.05) is 18.2 Å². The van der Waals surface area contributed by atoms with E-state index in [1.807, 2.05) is 51.1 Å². The van der Waals surface area contributed by atoms with Crippen molar-refractivity contribution >= 4 is 26.8 Å². The number of ether oxygens (including phenoxy) is 1. The number of rotatable bonds is 1. The molecule has 0 saturated heterocycles. The molecule has 16 heavy (non-hydrogen) atoms. The fraction of sp³-hybridized carbons (Fsp3) is 0.308. The number of benzene rings is 1. The predicted octanol–water partition coefficient (Wildman–Crippen LogP) is 4.17. The Morgan fingerprint density at radius 1 is 1.19 bits per heavy atom. The van der Waals surface area contributed by atoms with Gasteiger partial charge in [0.05, 0.1) is 5.52 Å². The molecule has 84 valence electrons. The Hall–Kier alpha value is -1.09. The summed E-state index contributed by atoms with van der Waals surface area (Å²) in [5.41, 5.74) is 0.714. The second-order valence-electron chi connectivity index (χ2n) is 4.67. The van der Waals surface area contributed by atoms with Crippen LogP contribution in [0.25, 0.3) is 10.9 Å². The number of hydrogen-bond donors (Lipinski definition) is 0. The Balaban J connectivity index is 2.50. The van der Waals surface area contributed by atoms with Gasteiger partial charge >= 0.3 is 0 Å². The van der Waals surface area contributed by atoms with E-state index in [2.05, 4.69) is 20.9 Å². The summed E-state index contributed by atoms with van der Waals surface area (Å²) < 4.78 is 6.76. The lowest BCUT2D eigenvalue weighted by Crippen LogP contribution is -2.23. The van der Waals surface area contributed by atoms with E-state index in [-0.39, 0.29) is 5.60 Å². The van der Waals surface area contributed by atoms with Gasteiger partial charge in [-0.2, -0.15) is 0 Å². The molecule has 0 unspecified atom stereocenters. The van der Waals surface area contributed by atoms with Gasteiger partial charge in [0.1, 0.15) is 5.60 Å². The van der Waals surface area contributed by atoms with Crippen molar-refractivity contribution in [1.82, 2.24) is 4.98 Å². The molecule has 2 rings (SSSR count). The van der Waals surface area contributed by atoms with Crippen LogP contribution < -0.4 is 4.74 Å². The van der Waals surface area contributed by atoms with Crippen molar-refractivity contribution in [3.05, 3.63) is 34.8 Å². The third-order valence-electron chi connectivity index (χ3n) is 2.05. The highest BCUT2D eigenvalue weighted by Crippen LogP contribution is 2.27. The summed E-state index contributed by atoms with van der Waals surface area (Å²) in [6.07, 6.45) is 0. The van der Waals surface area contributed by atoms with E-state index < -0.39 is 0 Å². The molecule has 3 heteroatoms. The van der Waals surface area contributed by atoms with Gasteiger partial charge in [0.25, 0.3) is 0 Å². The molecule has 1 heterocycles. The number of para-hydroxylation sites is 1. The first-order valence-electron chi connectivity index (χ1n) is 5.20. The van der Waals surface area contributed by atoms with Gasteiger partial charge in [0.2, 0.25) is 5.88 Å². The SMILES string of the molecule is CC(C)(C)Oc1cc(Br)c2ccccc2n1. The molecule has 1 aromatic heterocycles. The molecule has 0 radical (unpaired) electrons. The van der Waals surface area contributed by atoms with Crippen LogP contribution in [0.15, 0.2) is 34.8 Å². The monoisotopic (exact) mass is 279 g/mol. The fourth-order valence-corrected chi connectivity index (χ4v) is 2.01. The Bertz CT molecular complexity index is 517. The molecule has 0 N–H and O–H groups in total. The Kier molecular flexibility index (Phi) is 2.89. The topological polar surface area (TPSA) is 22.1 Å². The number of fused-ring (bicyclic) bond motifs is 1. The van der Waals surface area contributed by atoms with Crippen molar-refractivity contribution in [3.63, 3.8) is 0 Å². The highest BCUT2D eigenvalue weighted by molar-refractivity contribution is 9.10. The summed E-state index contributed by atoms with van der Waals surface area (Å²) in [7, 11) is 0. The molecule has 0 bridgehead atoms. The minimum Gasteiger partial charge on any atom is -0.472 e. The zero-order chi connectivity index (χ0) is 11.8. The number of pyridine rings is 1. The number of halogens is 1. The second kappa shape index (κ2) is 4.06. The smallest absolute Gasteiger partial charge is 0.215 e. The van der Waals surface area contributed by atoms with Crippen LogP contribution >= 0.6 is 15.9 Å². The highest BCUT2D eigenvalue weighted by atomic mass is 79.9. The van der Waals surface area contributed by atoms with E-state index in [1.165, 1.54) is 0 Å². The lowest BCUT2D eigenvalue weighted by Gasteiger charge is -2.20. The van der Waals surface area contributed by atoms with Crippen molar-refractivity contribution in [2.75, 3.05) is 0 Å². The summed E-state index contributed by atoms with van der Waals surface area (Å²) in [5.74, 6) is 0.651. The van der Waals surface area contributed by atoms with E-state index in [9.17, 15) is 0 Å². The van der Waals surface area contributed by atoms with Crippen LogP contribution in [0.1, 0.15) is 20.8 Å². The second-order valence-corrected chi connectivity index (χ2v) is 5.53. The minimum atomic E-state index is -0.227. The summed E-state index contributed by atoms with van der Waals surface area (Å²) >= 11 is 3.54. The highest BCUT2D eigenvalue weighted by Gasteiger charge is 2.13. The molecule has 0 aliphatic heterocycles. The Morgan fingerprint density at radius 3 is 2.56 bits per heavy atom. The maximum absolute atomic E-state index is 5.75. The van der Waals surface area contributed by atoms with Crippen LogP contribution in [-0.2, 0) is 0 Å². The van der Waals surface area contributed by atoms with E-state index in [0.29, 0.717) is 5.88 Å². The van der Waals surface area contributed by atoms with Gasteiger partial charge in [-0.05, 0) is 42.8 Å². The zero-order valence-corrected chi connectivity index (χ0v) is 11.2.